The number of hydrogen-bond donors (Lipinski definition) is 2. The van der Waals surface area contributed by atoms with Gasteiger partial charge in [-0.1, -0.05) is 12.1 Å². The predicted molar refractivity (Wildman–Crippen MR) is 86.2 cm³/mol. The summed E-state index contributed by atoms with van der Waals surface area (Å²) in [5.41, 5.74) is 0.443. The molecule has 0 bridgehead atoms. The van der Waals surface area contributed by atoms with E-state index < -0.39 is 11.9 Å². The summed E-state index contributed by atoms with van der Waals surface area (Å²) in [5, 5.41) is 9.16. The molecule has 0 spiro atoms. The van der Waals surface area contributed by atoms with Gasteiger partial charge in [0.25, 0.3) is 0 Å². The largest absolute Gasteiger partial charge is 0.435 e. The fourth-order valence-electron chi connectivity index (χ4n) is 1.91. The summed E-state index contributed by atoms with van der Waals surface area (Å²) < 4.78 is 38.7. The molecular formula is C15H18ClF3N4O. The van der Waals surface area contributed by atoms with Crippen LogP contribution in [0.1, 0.15) is 17.7 Å². The van der Waals surface area contributed by atoms with Crippen molar-refractivity contribution >= 4 is 18.3 Å². The lowest BCUT2D eigenvalue weighted by molar-refractivity contribution is -0.141. The Hall–Kier alpha value is -2.06. The van der Waals surface area contributed by atoms with Gasteiger partial charge in [0, 0.05) is 25.7 Å². The maximum Gasteiger partial charge on any atom is 0.435 e. The van der Waals surface area contributed by atoms with Crippen molar-refractivity contribution in [2.45, 2.75) is 19.1 Å². The number of carbonyl (C=O) groups excluding carboxylic acids is 1. The molecule has 1 amide bonds. The van der Waals surface area contributed by atoms with Gasteiger partial charge in [0.05, 0.1) is 5.69 Å². The highest BCUT2D eigenvalue weighted by molar-refractivity contribution is 5.85. The zero-order chi connectivity index (χ0) is 16.9. The van der Waals surface area contributed by atoms with E-state index in [2.05, 4.69) is 15.7 Å². The van der Waals surface area contributed by atoms with E-state index in [4.69, 9.17) is 0 Å². The normalized spacial score (nSPS) is 11.0. The van der Waals surface area contributed by atoms with E-state index in [1.165, 1.54) is 6.20 Å². The van der Waals surface area contributed by atoms with Crippen LogP contribution in [0.2, 0.25) is 0 Å². The smallest absolute Gasteiger partial charge is 0.352 e. The van der Waals surface area contributed by atoms with E-state index in [-0.39, 0.29) is 18.3 Å². The summed E-state index contributed by atoms with van der Waals surface area (Å²) in [4.78, 5) is 11.5. The third-order valence-corrected chi connectivity index (χ3v) is 3.17. The first-order valence-electron chi connectivity index (χ1n) is 7.03. The minimum Gasteiger partial charge on any atom is -0.352 e. The van der Waals surface area contributed by atoms with Gasteiger partial charge in [0.2, 0.25) is 5.91 Å². The summed E-state index contributed by atoms with van der Waals surface area (Å²) >= 11 is 0. The van der Waals surface area contributed by atoms with Crippen molar-refractivity contribution in [3.8, 4) is 5.69 Å². The second-order valence-electron chi connectivity index (χ2n) is 4.94. The topological polar surface area (TPSA) is 59.0 Å². The third-order valence-electron chi connectivity index (χ3n) is 3.17. The molecule has 0 aliphatic rings. The molecule has 2 N–H and O–H groups in total. The maximum atomic E-state index is 12.5. The van der Waals surface area contributed by atoms with Crippen LogP contribution in [0.15, 0.2) is 36.5 Å². The van der Waals surface area contributed by atoms with E-state index in [0.29, 0.717) is 25.2 Å². The quantitative estimate of drug-likeness (QED) is 0.830. The highest BCUT2D eigenvalue weighted by Gasteiger charge is 2.33. The molecule has 1 heterocycles. The van der Waals surface area contributed by atoms with Gasteiger partial charge in [0.15, 0.2) is 5.69 Å². The molecule has 2 rings (SSSR count). The molecule has 2 aromatic rings. The van der Waals surface area contributed by atoms with Gasteiger partial charge in [-0.2, -0.15) is 18.3 Å². The van der Waals surface area contributed by atoms with E-state index in [1.54, 1.807) is 31.3 Å². The molecule has 1 aromatic carbocycles. The van der Waals surface area contributed by atoms with Crippen molar-refractivity contribution in [2.75, 3.05) is 13.6 Å². The predicted octanol–water partition coefficient (Wildman–Crippen LogP) is 2.54. The number of carbonyl (C=O) groups is 1. The van der Waals surface area contributed by atoms with Crippen molar-refractivity contribution in [1.82, 2.24) is 20.4 Å². The van der Waals surface area contributed by atoms with Crippen molar-refractivity contribution < 1.29 is 18.0 Å². The number of nitrogens with zero attached hydrogens (tertiary/aromatic N) is 2. The van der Waals surface area contributed by atoms with Crippen LogP contribution in [0.25, 0.3) is 5.69 Å². The zero-order valence-corrected chi connectivity index (χ0v) is 13.7. The Labute approximate surface area is 143 Å². The van der Waals surface area contributed by atoms with Gasteiger partial charge in [-0.25, -0.2) is 4.68 Å². The minimum atomic E-state index is -4.46. The number of hydrogen-bond acceptors (Lipinski definition) is 3. The second-order valence-corrected chi connectivity index (χ2v) is 4.94. The van der Waals surface area contributed by atoms with E-state index in [9.17, 15) is 18.0 Å². The molecule has 0 atom stereocenters. The van der Waals surface area contributed by atoms with Crippen LogP contribution in [-0.4, -0.2) is 29.3 Å². The number of halogens is 4. The lowest BCUT2D eigenvalue weighted by Gasteiger charge is -2.07. The van der Waals surface area contributed by atoms with Gasteiger partial charge in [-0.05, 0) is 30.8 Å². The highest BCUT2D eigenvalue weighted by atomic mass is 35.5. The molecule has 24 heavy (non-hydrogen) atoms. The maximum absolute atomic E-state index is 12.5. The Morgan fingerprint density at radius 1 is 1.21 bits per heavy atom. The van der Waals surface area contributed by atoms with E-state index >= 15 is 0 Å². The molecule has 0 radical (unpaired) electrons. The Bertz CT molecular complexity index is 655. The molecular weight excluding hydrogens is 345 g/mol. The average molecular weight is 363 g/mol. The molecule has 0 aliphatic heterocycles. The van der Waals surface area contributed by atoms with Crippen molar-refractivity contribution in [3.05, 3.63) is 47.8 Å². The first-order valence-corrected chi connectivity index (χ1v) is 7.03. The SMILES string of the molecule is CNCCC(=O)NCc1ccc(-n2ccc(C(F)(F)F)n2)cc1.Cl. The molecule has 5 nitrogen and oxygen atoms in total. The summed E-state index contributed by atoms with van der Waals surface area (Å²) in [7, 11) is 1.77. The van der Waals surface area contributed by atoms with Gasteiger partial charge in [-0.15, -0.1) is 12.4 Å². The van der Waals surface area contributed by atoms with Crippen molar-refractivity contribution in [1.29, 1.82) is 0 Å². The Morgan fingerprint density at radius 3 is 2.42 bits per heavy atom. The van der Waals surface area contributed by atoms with Crippen molar-refractivity contribution in [2.24, 2.45) is 0 Å². The number of amides is 1. The van der Waals surface area contributed by atoms with Gasteiger partial charge in [0.1, 0.15) is 0 Å². The summed E-state index contributed by atoms with van der Waals surface area (Å²) in [6.07, 6.45) is -2.80. The lowest BCUT2D eigenvalue weighted by atomic mass is 10.2. The molecule has 0 saturated carbocycles. The first-order chi connectivity index (χ1) is 10.9. The van der Waals surface area contributed by atoms with Crippen LogP contribution in [-0.2, 0) is 17.5 Å². The fraction of sp³-hybridized carbons (Fsp3) is 0.333. The van der Waals surface area contributed by atoms with E-state index in [0.717, 1.165) is 16.3 Å². The molecule has 0 aliphatic carbocycles. The highest BCUT2D eigenvalue weighted by Crippen LogP contribution is 2.27. The van der Waals surface area contributed by atoms with Gasteiger partial charge >= 0.3 is 6.18 Å². The fourth-order valence-corrected chi connectivity index (χ4v) is 1.91. The van der Waals surface area contributed by atoms with Crippen LogP contribution in [0.3, 0.4) is 0 Å². The molecule has 0 saturated heterocycles. The molecule has 1 aromatic heterocycles. The van der Waals surface area contributed by atoms with Crippen LogP contribution < -0.4 is 10.6 Å². The third kappa shape index (κ3) is 5.54. The Morgan fingerprint density at radius 2 is 1.88 bits per heavy atom. The first kappa shape index (κ1) is 20.0. The molecule has 0 unspecified atom stereocenters. The lowest BCUT2D eigenvalue weighted by Crippen LogP contribution is -2.26. The number of benzene rings is 1. The summed E-state index contributed by atoms with van der Waals surface area (Å²) in [6.45, 7) is 0.974. The number of alkyl halides is 3. The van der Waals surface area contributed by atoms with Crippen molar-refractivity contribution in [3.63, 3.8) is 0 Å². The number of rotatable bonds is 6. The van der Waals surface area contributed by atoms with E-state index in [1.807, 2.05) is 0 Å². The second kappa shape index (κ2) is 8.70. The summed E-state index contributed by atoms with van der Waals surface area (Å²) in [6, 6.07) is 7.71. The zero-order valence-electron chi connectivity index (χ0n) is 12.9. The van der Waals surface area contributed by atoms with Crippen LogP contribution >= 0.6 is 12.4 Å². The molecule has 9 heteroatoms. The molecule has 0 fully saturated rings. The summed E-state index contributed by atoms with van der Waals surface area (Å²) in [5.74, 6) is -0.0645. The minimum absolute atomic E-state index is 0. The molecule has 132 valence electrons. The standard InChI is InChI=1S/C15H17F3N4O.ClH/c1-19-8-6-14(23)20-10-11-2-4-12(5-3-11)22-9-7-13(21-22)15(16,17)18;/h2-5,7,9,19H,6,8,10H2,1H3,(H,20,23);1H. The average Bonchev–Trinajstić information content (AvgIpc) is 3.01. The monoisotopic (exact) mass is 362 g/mol. The Kier molecular flexibility index (Phi) is 7.24. The Balaban J connectivity index is 0.00000288. The van der Waals surface area contributed by atoms with Crippen LogP contribution in [0, 0.1) is 0 Å². The van der Waals surface area contributed by atoms with Crippen LogP contribution in [0.4, 0.5) is 13.2 Å². The van der Waals surface area contributed by atoms with Gasteiger partial charge in [-0.3, -0.25) is 4.79 Å². The van der Waals surface area contributed by atoms with Gasteiger partial charge < -0.3 is 10.6 Å². The number of aromatic nitrogens is 2. The number of nitrogens with one attached hydrogen (secondary N) is 2. The van der Waals surface area contributed by atoms with Crippen LogP contribution in [0.5, 0.6) is 0 Å².